The van der Waals surface area contributed by atoms with Crippen molar-refractivity contribution in [1.82, 2.24) is 4.90 Å². The average molecular weight is 563 g/mol. The van der Waals surface area contributed by atoms with Crippen LogP contribution in [0.5, 0.6) is 0 Å². The molecule has 0 radical (unpaired) electrons. The Hall–Kier alpha value is -3.48. The highest BCUT2D eigenvalue weighted by molar-refractivity contribution is 6.46. The minimum Gasteiger partial charge on any atom is -0.507 e. The lowest BCUT2D eigenvalue weighted by molar-refractivity contribution is -0.384. The summed E-state index contributed by atoms with van der Waals surface area (Å²) in [5, 5.41) is 22.3. The largest absolute Gasteiger partial charge is 0.507 e. The Labute approximate surface area is 244 Å². The average Bonchev–Trinajstić information content (AvgIpc) is 3.22. The Balaban J connectivity index is 1.58. The Bertz CT molecular complexity index is 1170. The summed E-state index contributed by atoms with van der Waals surface area (Å²) in [6.07, 6.45) is 17.1. The van der Waals surface area contributed by atoms with Crippen LogP contribution < -0.4 is 0 Å². The number of likely N-dealkylation sites (tertiary alicyclic amines) is 1. The van der Waals surface area contributed by atoms with Crippen molar-refractivity contribution in [3.8, 4) is 0 Å². The van der Waals surface area contributed by atoms with E-state index in [2.05, 4.69) is 6.92 Å². The second-order valence-corrected chi connectivity index (χ2v) is 11.3. The first-order valence-corrected chi connectivity index (χ1v) is 15.4. The molecule has 1 heterocycles. The summed E-state index contributed by atoms with van der Waals surface area (Å²) < 4.78 is 0. The van der Waals surface area contributed by atoms with Gasteiger partial charge in [0.2, 0.25) is 0 Å². The predicted molar refractivity (Wildman–Crippen MR) is 164 cm³/mol. The number of carbonyl (C=O) groups excluding carboxylic acids is 2. The molecule has 2 aromatic rings. The van der Waals surface area contributed by atoms with Crippen LogP contribution in [-0.4, -0.2) is 33.2 Å². The smallest absolute Gasteiger partial charge is 0.295 e. The van der Waals surface area contributed by atoms with Crippen molar-refractivity contribution in [3.05, 3.63) is 80.9 Å². The van der Waals surface area contributed by atoms with E-state index in [1.807, 2.05) is 19.1 Å². The number of unbranched alkanes of at least 4 members (excludes halogenated alkanes) is 13. The zero-order chi connectivity index (χ0) is 29.6. The van der Waals surface area contributed by atoms with Gasteiger partial charge in [-0.1, -0.05) is 120 Å². The van der Waals surface area contributed by atoms with Crippen LogP contribution >= 0.6 is 0 Å². The van der Waals surface area contributed by atoms with E-state index in [1.54, 1.807) is 24.3 Å². The highest BCUT2D eigenvalue weighted by Gasteiger charge is 2.45. The van der Waals surface area contributed by atoms with Crippen LogP contribution in [0.15, 0.2) is 54.1 Å². The van der Waals surface area contributed by atoms with E-state index in [4.69, 9.17) is 0 Å². The molecule has 7 nitrogen and oxygen atoms in total. The molecule has 7 heteroatoms. The van der Waals surface area contributed by atoms with Crippen LogP contribution in [0.4, 0.5) is 5.69 Å². The number of nitrogens with zero attached hydrogens (tertiary/aromatic N) is 2. The van der Waals surface area contributed by atoms with Crippen molar-refractivity contribution in [2.24, 2.45) is 0 Å². The first kappa shape index (κ1) is 32.0. The van der Waals surface area contributed by atoms with Gasteiger partial charge in [-0.3, -0.25) is 19.7 Å². The molecule has 0 bridgehead atoms. The van der Waals surface area contributed by atoms with E-state index in [0.717, 1.165) is 31.2 Å². The standard InChI is InChI=1S/C34H46N2O5/c1-3-4-5-6-7-8-9-10-11-12-13-14-15-16-25-35-31(27-21-23-29(24-22-27)36(40)41)30(33(38)34(35)39)32(37)28-19-17-26(2)18-20-28/h17-24,31,37H,3-16,25H2,1-2H3/b32-30+/t31-/m0/s1. The van der Waals surface area contributed by atoms with Crippen LogP contribution in [-0.2, 0) is 9.59 Å². The Morgan fingerprint density at radius 3 is 1.76 bits per heavy atom. The van der Waals surface area contributed by atoms with Gasteiger partial charge in [-0.2, -0.15) is 0 Å². The molecule has 222 valence electrons. The zero-order valence-corrected chi connectivity index (χ0v) is 24.8. The zero-order valence-electron chi connectivity index (χ0n) is 24.8. The number of Topliss-reactive ketones (excluding diaryl/α,β-unsaturated/α-hetero) is 1. The first-order chi connectivity index (χ1) is 19.8. The van der Waals surface area contributed by atoms with Crippen molar-refractivity contribution in [2.75, 3.05) is 6.54 Å². The summed E-state index contributed by atoms with van der Waals surface area (Å²) in [6, 6.07) is 12.2. The second-order valence-electron chi connectivity index (χ2n) is 11.3. The number of aliphatic hydroxyl groups is 1. The molecule has 3 rings (SSSR count). The summed E-state index contributed by atoms with van der Waals surface area (Å²) in [7, 11) is 0. The van der Waals surface area contributed by atoms with Crippen molar-refractivity contribution in [1.29, 1.82) is 0 Å². The third-order valence-corrected chi connectivity index (χ3v) is 8.04. The number of carbonyl (C=O) groups is 2. The number of hydrogen-bond acceptors (Lipinski definition) is 5. The molecule has 0 saturated carbocycles. The summed E-state index contributed by atoms with van der Waals surface area (Å²) >= 11 is 0. The number of ketones is 1. The molecular formula is C34H46N2O5. The number of hydrogen-bond donors (Lipinski definition) is 1. The number of amides is 1. The highest BCUT2D eigenvalue weighted by Crippen LogP contribution is 2.40. The molecule has 1 aliphatic heterocycles. The molecule has 1 aliphatic rings. The van der Waals surface area contributed by atoms with E-state index in [9.17, 15) is 24.8 Å². The quantitative estimate of drug-likeness (QED) is 0.0488. The fourth-order valence-electron chi connectivity index (χ4n) is 5.58. The molecule has 41 heavy (non-hydrogen) atoms. The van der Waals surface area contributed by atoms with Gasteiger partial charge in [0.15, 0.2) is 0 Å². The number of non-ortho nitro benzene ring substituents is 1. The Morgan fingerprint density at radius 1 is 0.780 bits per heavy atom. The third kappa shape index (κ3) is 9.27. The van der Waals surface area contributed by atoms with Crippen LogP contribution in [0.25, 0.3) is 5.76 Å². The van der Waals surface area contributed by atoms with E-state index in [-0.39, 0.29) is 17.0 Å². The van der Waals surface area contributed by atoms with Gasteiger partial charge in [-0.05, 0) is 31.0 Å². The minimum absolute atomic E-state index is 0.0260. The monoisotopic (exact) mass is 562 g/mol. The summed E-state index contributed by atoms with van der Waals surface area (Å²) in [6.45, 7) is 4.56. The van der Waals surface area contributed by atoms with Crippen LogP contribution in [0, 0.1) is 17.0 Å². The van der Waals surface area contributed by atoms with E-state index in [0.29, 0.717) is 17.7 Å². The summed E-state index contributed by atoms with van der Waals surface area (Å²) in [5.74, 6) is -1.59. The van der Waals surface area contributed by atoms with Crippen LogP contribution in [0.2, 0.25) is 0 Å². The van der Waals surface area contributed by atoms with E-state index in [1.165, 1.54) is 81.2 Å². The van der Waals surface area contributed by atoms with Gasteiger partial charge in [0.05, 0.1) is 16.5 Å². The fraction of sp³-hybridized carbons (Fsp3) is 0.529. The van der Waals surface area contributed by atoms with Crippen LogP contribution in [0.1, 0.15) is 120 Å². The Kier molecular flexibility index (Phi) is 13.1. The number of benzene rings is 2. The molecule has 1 N–H and O–H groups in total. The molecule has 0 aromatic heterocycles. The Morgan fingerprint density at radius 2 is 1.27 bits per heavy atom. The lowest BCUT2D eigenvalue weighted by Gasteiger charge is -2.25. The number of nitro benzene ring substituents is 1. The number of nitro groups is 1. The molecular weight excluding hydrogens is 516 g/mol. The maximum atomic E-state index is 13.2. The molecule has 2 aromatic carbocycles. The van der Waals surface area contributed by atoms with Crippen molar-refractivity contribution in [2.45, 2.75) is 110 Å². The normalized spacial score (nSPS) is 16.4. The van der Waals surface area contributed by atoms with E-state index < -0.39 is 22.7 Å². The lowest BCUT2D eigenvalue weighted by atomic mass is 9.95. The SMILES string of the molecule is CCCCCCCCCCCCCCCCN1C(=O)C(=O)/C(=C(/O)c2ccc(C)cc2)[C@@H]1c1ccc([N+](=O)[O-])cc1. The van der Waals surface area contributed by atoms with Gasteiger partial charge in [0, 0.05) is 24.2 Å². The van der Waals surface area contributed by atoms with Gasteiger partial charge in [-0.15, -0.1) is 0 Å². The number of aliphatic hydroxyl groups excluding tert-OH is 1. The highest BCUT2D eigenvalue weighted by atomic mass is 16.6. The minimum atomic E-state index is -0.793. The predicted octanol–water partition coefficient (Wildman–Crippen LogP) is 8.81. The lowest BCUT2D eigenvalue weighted by Crippen LogP contribution is -2.30. The first-order valence-electron chi connectivity index (χ1n) is 15.4. The summed E-state index contributed by atoms with van der Waals surface area (Å²) in [4.78, 5) is 38.6. The maximum Gasteiger partial charge on any atom is 0.295 e. The summed E-state index contributed by atoms with van der Waals surface area (Å²) in [5.41, 5.74) is 1.98. The van der Waals surface area contributed by atoms with Gasteiger partial charge in [-0.25, -0.2) is 0 Å². The molecule has 1 amide bonds. The number of aryl methyl sites for hydroxylation is 1. The topological polar surface area (TPSA) is 101 Å². The molecule has 1 fully saturated rings. The molecule has 0 unspecified atom stereocenters. The van der Waals surface area contributed by atoms with Gasteiger partial charge in [0.25, 0.3) is 17.4 Å². The van der Waals surface area contributed by atoms with Gasteiger partial charge in [0.1, 0.15) is 5.76 Å². The molecule has 1 saturated heterocycles. The fourth-order valence-corrected chi connectivity index (χ4v) is 5.58. The van der Waals surface area contributed by atoms with E-state index >= 15 is 0 Å². The van der Waals surface area contributed by atoms with Crippen molar-refractivity contribution in [3.63, 3.8) is 0 Å². The number of rotatable bonds is 18. The van der Waals surface area contributed by atoms with Crippen molar-refractivity contribution < 1.29 is 19.6 Å². The van der Waals surface area contributed by atoms with Gasteiger partial charge < -0.3 is 10.0 Å². The molecule has 0 aliphatic carbocycles. The van der Waals surface area contributed by atoms with Gasteiger partial charge >= 0.3 is 0 Å². The maximum absolute atomic E-state index is 13.2. The molecule has 0 spiro atoms. The third-order valence-electron chi connectivity index (χ3n) is 8.04. The van der Waals surface area contributed by atoms with Crippen molar-refractivity contribution >= 4 is 23.1 Å². The molecule has 1 atom stereocenters. The van der Waals surface area contributed by atoms with Crippen LogP contribution in [0.3, 0.4) is 0 Å². The second kappa shape index (κ2) is 16.7.